The largest absolute Gasteiger partial charge is 0.390 e. The van der Waals surface area contributed by atoms with E-state index in [1.165, 1.54) is 0 Å². The van der Waals surface area contributed by atoms with Crippen molar-refractivity contribution in [2.45, 2.75) is 38.6 Å². The van der Waals surface area contributed by atoms with Crippen LogP contribution in [-0.2, 0) is 0 Å². The lowest BCUT2D eigenvalue weighted by Crippen LogP contribution is -2.47. The van der Waals surface area contributed by atoms with Gasteiger partial charge in [0.15, 0.2) is 0 Å². The van der Waals surface area contributed by atoms with Crippen molar-refractivity contribution in [3.8, 4) is 0 Å². The van der Waals surface area contributed by atoms with Gasteiger partial charge in [-0.15, -0.1) is 0 Å². The standard InChI is InChI=1S/C8H16FNO/c1-6(2)10-4-3-8(11)7(9)5-10/h6-8,11H,3-5H2,1-2H3. The van der Waals surface area contributed by atoms with Crippen LogP contribution in [0, 0.1) is 0 Å². The molecule has 0 saturated carbocycles. The van der Waals surface area contributed by atoms with E-state index in [-0.39, 0.29) is 0 Å². The first kappa shape index (κ1) is 8.94. The molecule has 0 amide bonds. The SMILES string of the molecule is CC(C)N1CCC(O)C(F)C1. The van der Waals surface area contributed by atoms with Crippen molar-refractivity contribution in [1.82, 2.24) is 4.90 Å². The molecule has 66 valence electrons. The lowest BCUT2D eigenvalue weighted by Gasteiger charge is -2.34. The number of piperidine rings is 1. The maximum atomic E-state index is 12.9. The highest BCUT2D eigenvalue weighted by atomic mass is 19.1. The fourth-order valence-corrected chi connectivity index (χ4v) is 1.38. The van der Waals surface area contributed by atoms with Gasteiger partial charge in [-0.1, -0.05) is 0 Å². The van der Waals surface area contributed by atoms with E-state index in [0.717, 1.165) is 6.54 Å². The van der Waals surface area contributed by atoms with Gasteiger partial charge in [0.25, 0.3) is 0 Å². The average Bonchev–Trinajstić information content (AvgIpc) is 1.94. The number of halogens is 1. The van der Waals surface area contributed by atoms with Crippen LogP contribution in [0.25, 0.3) is 0 Å². The van der Waals surface area contributed by atoms with Crippen LogP contribution in [0.5, 0.6) is 0 Å². The minimum Gasteiger partial charge on any atom is -0.390 e. The fraction of sp³-hybridized carbons (Fsp3) is 1.00. The van der Waals surface area contributed by atoms with Crippen molar-refractivity contribution in [3.05, 3.63) is 0 Å². The second kappa shape index (κ2) is 3.50. The molecule has 0 aromatic rings. The quantitative estimate of drug-likeness (QED) is 0.615. The number of hydrogen-bond donors (Lipinski definition) is 1. The predicted molar refractivity (Wildman–Crippen MR) is 42.2 cm³/mol. The van der Waals surface area contributed by atoms with Gasteiger partial charge in [-0.25, -0.2) is 4.39 Å². The molecule has 0 aliphatic carbocycles. The van der Waals surface area contributed by atoms with Gasteiger partial charge in [0, 0.05) is 19.1 Å². The highest BCUT2D eigenvalue weighted by Gasteiger charge is 2.28. The van der Waals surface area contributed by atoms with Crippen molar-refractivity contribution in [3.63, 3.8) is 0 Å². The molecule has 0 aromatic carbocycles. The van der Waals surface area contributed by atoms with Crippen molar-refractivity contribution < 1.29 is 9.50 Å². The van der Waals surface area contributed by atoms with Gasteiger partial charge in [-0.2, -0.15) is 0 Å². The lowest BCUT2D eigenvalue weighted by atomic mass is 10.1. The summed E-state index contributed by atoms with van der Waals surface area (Å²) in [6.45, 7) is 5.30. The first-order valence-electron chi connectivity index (χ1n) is 4.17. The third kappa shape index (κ3) is 2.14. The molecule has 1 aliphatic rings. The monoisotopic (exact) mass is 161 g/mol. The van der Waals surface area contributed by atoms with Crippen LogP contribution in [-0.4, -0.2) is 41.4 Å². The summed E-state index contributed by atoms with van der Waals surface area (Å²) in [6, 6.07) is 0.390. The Morgan fingerprint density at radius 3 is 2.64 bits per heavy atom. The van der Waals surface area contributed by atoms with E-state index in [1.807, 2.05) is 13.8 Å². The smallest absolute Gasteiger partial charge is 0.139 e. The van der Waals surface area contributed by atoms with E-state index in [9.17, 15) is 4.39 Å². The average molecular weight is 161 g/mol. The Balaban J connectivity index is 2.40. The first-order valence-corrected chi connectivity index (χ1v) is 4.17. The van der Waals surface area contributed by atoms with E-state index in [1.54, 1.807) is 0 Å². The summed E-state index contributed by atoms with van der Waals surface area (Å²) in [6.07, 6.45) is -1.21. The first-order chi connectivity index (χ1) is 5.11. The molecule has 2 atom stereocenters. The summed E-state index contributed by atoms with van der Waals surface area (Å²) in [5.41, 5.74) is 0. The van der Waals surface area contributed by atoms with Crippen LogP contribution in [0.15, 0.2) is 0 Å². The van der Waals surface area contributed by atoms with Crippen molar-refractivity contribution in [2.75, 3.05) is 13.1 Å². The molecule has 0 spiro atoms. The summed E-state index contributed by atoms with van der Waals surface area (Å²) in [7, 11) is 0. The zero-order valence-corrected chi connectivity index (χ0v) is 7.13. The molecule has 1 heterocycles. The molecule has 3 heteroatoms. The maximum Gasteiger partial charge on any atom is 0.139 e. The number of aliphatic hydroxyl groups is 1. The van der Waals surface area contributed by atoms with Crippen LogP contribution >= 0.6 is 0 Å². The highest BCUT2D eigenvalue weighted by molar-refractivity contribution is 4.80. The van der Waals surface area contributed by atoms with Crippen LogP contribution in [0.2, 0.25) is 0 Å². The Labute approximate surface area is 67.0 Å². The van der Waals surface area contributed by atoms with E-state index < -0.39 is 12.3 Å². The number of likely N-dealkylation sites (tertiary alicyclic amines) is 1. The van der Waals surface area contributed by atoms with Gasteiger partial charge in [-0.05, 0) is 20.3 Å². The molecular weight excluding hydrogens is 145 g/mol. The summed E-state index contributed by atoms with van der Waals surface area (Å²) in [5, 5.41) is 9.08. The Bertz CT molecular complexity index is 129. The highest BCUT2D eigenvalue weighted by Crippen LogP contribution is 2.15. The topological polar surface area (TPSA) is 23.5 Å². The summed E-state index contributed by atoms with van der Waals surface area (Å²) < 4.78 is 12.9. The Hall–Kier alpha value is -0.150. The Kier molecular flexibility index (Phi) is 2.84. The molecule has 0 aromatic heterocycles. The number of nitrogens with zero attached hydrogens (tertiary/aromatic N) is 1. The fourth-order valence-electron chi connectivity index (χ4n) is 1.38. The van der Waals surface area contributed by atoms with E-state index in [4.69, 9.17) is 5.11 Å². The van der Waals surface area contributed by atoms with Gasteiger partial charge in [-0.3, -0.25) is 4.90 Å². The number of aliphatic hydroxyl groups excluding tert-OH is 1. The predicted octanol–water partition coefficient (Wildman–Crippen LogP) is 0.800. The van der Waals surface area contributed by atoms with Crippen molar-refractivity contribution in [2.24, 2.45) is 0 Å². The second-order valence-corrected chi connectivity index (χ2v) is 3.46. The van der Waals surface area contributed by atoms with Gasteiger partial charge in [0.2, 0.25) is 0 Å². The molecule has 11 heavy (non-hydrogen) atoms. The third-order valence-electron chi connectivity index (χ3n) is 2.27. The molecule has 1 aliphatic heterocycles. The maximum absolute atomic E-state index is 12.9. The van der Waals surface area contributed by atoms with Crippen LogP contribution in [0.1, 0.15) is 20.3 Å². The molecule has 2 nitrogen and oxygen atoms in total. The normalized spacial score (nSPS) is 34.6. The molecule has 2 unspecified atom stereocenters. The van der Waals surface area contributed by atoms with Crippen molar-refractivity contribution >= 4 is 0 Å². The number of hydrogen-bond acceptors (Lipinski definition) is 2. The van der Waals surface area contributed by atoms with Crippen LogP contribution in [0.4, 0.5) is 4.39 Å². The molecule has 1 fully saturated rings. The summed E-state index contributed by atoms with van der Waals surface area (Å²) >= 11 is 0. The molecule has 0 radical (unpaired) electrons. The lowest BCUT2D eigenvalue weighted by molar-refractivity contribution is -0.00315. The Morgan fingerprint density at radius 1 is 1.55 bits per heavy atom. The van der Waals surface area contributed by atoms with Gasteiger partial charge < -0.3 is 5.11 Å². The number of alkyl halides is 1. The zero-order valence-electron chi connectivity index (χ0n) is 7.13. The number of rotatable bonds is 1. The Morgan fingerprint density at radius 2 is 2.18 bits per heavy atom. The molecule has 0 bridgehead atoms. The molecule has 1 saturated heterocycles. The molecule has 1 rings (SSSR count). The van der Waals surface area contributed by atoms with Crippen LogP contribution < -0.4 is 0 Å². The summed E-state index contributed by atoms with van der Waals surface area (Å²) in [4.78, 5) is 2.05. The molecular formula is C8H16FNO. The van der Waals surface area contributed by atoms with E-state index in [0.29, 0.717) is 19.0 Å². The minimum absolute atomic E-state index is 0.388. The minimum atomic E-state index is -1.05. The van der Waals surface area contributed by atoms with Gasteiger partial charge >= 0.3 is 0 Å². The third-order valence-corrected chi connectivity index (χ3v) is 2.27. The van der Waals surface area contributed by atoms with Crippen molar-refractivity contribution in [1.29, 1.82) is 0 Å². The van der Waals surface area contributed by atoms with Gasteiger partial charge in [0.05, 0.1) is 6.10 Å². The molecule has 1 N–H and O–H groups in total. The summed E-state index contributed by atoms with van der Waals surface area (Å²) in [5.74, 6) is 0. The second-order valence-electron chi connectivity index (χ2n) is 3.46. The van der Waals surface area contributed by atoms with E-state index >= 15 is 0 Å². The van der Waals surface area contributed by atoms with Gasteiger partial charge in [0.1, 0.15) is 6.17 Å². The van der Waals surface area contributed by atoms with Crippen LogP contribution in [0.3, 0.4) is 0 Å². The van der Waals surface area contributed by atoms with E-state index in [2.05, 4.69) is 4.90 Å². The zero-order chi connectivity index (χ0) is 8.43.